The molecule has 26 heavy (non-hydrogen) atoms. The summed E-state index contributed by atoms with van der Waals surface area (Å²) in [6, 6.07) is 16.5. The third-order valence-corrected chi connectivity index (χ3v) is 5.09. The number of carbonyl (C=O) groups is 1. The van der Waals surface area contributed by atoms with Crippen molar-refractivity contribution in [3.63, 3.8) is 0 Å². The second-order valence-corrected chi connectivity index (χ2v) is 6.97. The molecular formula is C19H12N4OS2. The van der Waals surface area contributed by atoms with E-state index >= 15 is 0 Å². The van der Waals surface area contributed by atoms with Crippen molar-refractivity contribution < 1.29 is 4.79 Å². The van der Waals surface area contributed by atoms with Crippen molar-refractivity contribution in [2.75, 3.05) is 4.90 Å². The Kier molecular flexibility index (Phi) is 4.55. The van der Waals surface area contributed by atoms with Crippen molar-refractivity contribution >= 4 is 45.6 Å². The first kappa shape index (κ1) is 16.6. The molecule has 0 aromatic carbocycles. The van der Waals surface area contributed by atoms with Crippen molar-refractivity contribution in [1.29, 1.82) is 0 Å². The van der Waals surface area contributed by atoms with Crippen LogP contribution in [0.2, 0.25) is 0 Å². The highest BCUT2D eigenvalue weighted by molar-refractivity contribution is 8.27. The van der Waals surface area contributed by atoms with Gasteiger partial charge in [0, 0.05) is 24.2 Å². The number of anilines is 1. The van der Waals surface area contributed by atoms with Gasteiger partial charge in [0.25, 0.3) is 5.91 Å². The van der Waals surface area contributed by atoms with Gasteiger partial charge in [-0.1, -0.05) is 42.2 Å². The lowest BCUT2D eigenvalue weighted by Gasteiger charge is -2.13. The molecule has 1 aliphatic heterocycles. The highest BCUT2D eigenvalue weighted by Gasteiger charge is 2.37. The summed E-state index contributed by atoms with van der Waals surface area (Å²) in [5.41, 5.74) is 2.02. The molecule has 0 N–H and O–H groups in total. The summed E-state index contributed by atoms with van der Waals surface area (Å²) in [6.07, 6.45) is 5.02. The summed E-state index contributed by atoms with van der Waals surface area (Å²) < 4.78 is 0.438. The van der Waals surface area contributed by atoms with Crippen LogP contribution in [0.15, 0.2) is 78.1 Å². The van der Waals surface area contributed by atoms with Gasteiger partial charge in [0.05, 0.1) is 16.3 Å². The zero-order valence-electron chi connectivity index (χ0n) is 13.4. The molecule has 0 atom stereocenters. The minimum atomic E-state index is -0.218. The number of hydrogen-bond donors (Lipinski definition) is 0. The van der Waals surface area contributed by atoms with Gasteiger partial charge in [-0.25, -0.2) is 9.88 Å². The highest BCUT2D eigenvalue weighted by Crippen LogP contribution is 2.40. The van der Waals surface area contributed by atoms with Gasteiger partial charge in [0.1, 0.15) is 5.82 Å². The van der Waals surface area contributed by atoms with Gasteiger partial charge in [-0.3, -0.25) is 14.8 Å². The van der Waals surface area contributed by atoms with E-state index in [4.69, 9.17) is 12.2 Å². The minimum Gasteiger partial charge on any atom is -0.268 e. The summed E-state index contributed by atoms with van der Waals surface area (Å²) in [5.74, 6) is 0.288. The molecule has 7 heteroatoms. The lowest BCUT2D eigenvalue weighted by molar-refractivity contribution is -0.113. The monoisotopic (exact) mass is 376 g/mol. The molecule has 0 spiro atoms. The zero-order valence-corrected chi connectivity index (χ0v) is 15.1. The molecule has 0 unspecified atom stereocenters. The molecule has 4 rings (SSSR count). The molecule has 1 fully saturated rings. The Bertz CT molecular complexity index is 950. The van der Waals surface area contributed by atoms with Crippen molar-refractivity contribution in [3.05, 3.63) is 89.5 Å². The van der Waals surface area contributed by atoms with E-state index in [1.54, 1.807) is 30.7 Å². The first-order valence-electron chi connectivity index (χ1n) is 7.80. The SMILES string of the molecule is O=C1C(=C(c2ccccn2)c2ccccn2)SC(=S)N1c1ccccn1. The van der Waals surface area contributed by atoms with Crippen LogP contribution in [0.1, 0.15) is 11.4 Å². The van der Waals surface area contributed by atoms with Gasteiger partial charge in [-0.05, 0) is 36.4 Å². The van der Waals surface area contributed by atoms with Crippen molar-refractivity contribution in [2.24, 2.45) is 0 Å². The number of aromatic nitrogens is 3. The highest BCUT2D eigenvalue weighted by atomic mass is 32.2. The quantitative estimate of drug-likeness (QED) is 0.513. The van der Waals surface area contributed by atoms with E-state index in [0.29, 0.717) is 32.0 Å². The van der Waals surface area contributed by atoms with Crippen molar-refractivity contribution in [1.82, 2.24) is 15.0 Å². The maximum absolute atomic E-state index is 13.2. The Labute approximate surface area is 159 Å². The van der Waals surface area contributed by atoms with Crippen LogP contribution < -0.4 is 4.90 Å². The average Bonchev–Trinajstić information content (AvgIpc) is 2.98. The Morgan fingerprint density at radius 2 is 1.42 bits per heavy atom. The Morgan fingerprint density at radius 1 is 0.846 bits per heavy atom. The lowest BCUT2D eigenvalue weighted by Crippen LogP contribution is -2.28. The van der Waals surface area contributed by atoms with Crippen molar-refractivity contribution in [2.45, 2.75) is 0 Å². The largest absolute Gasteiger partial charge is 0.272 e. The molecule has 126 valence electrons. The third-order valence-electron chi connectivity index (χ3n) is 3.72. The normalized spacial score (nSPS) is 14.0. The van der Waals surface area contributed by atoms with E-state index in [-0.39, 0.29) is 5.91 Å². The topological polar surface area (TPSA) is 59.0 Å². The maximum atomic E-state index is 13.2. The van der Waals surface area contributed by atoms with Crippen molar-refractivity contribution in [3.8, 4) is 0 Å². The Balaban J connectivity index is 1.89. The first-order chi connectivity index (χ1) is 12.8. The van der Waals surface area contributed by atoms with E-state index in [2.05, 4.69) is 15.0 Å². The summed E-state index contributed by atoms with van der Waals surface area (Å²) >= 11 is 6.69. The molecule has 0 radical (unpaired) electrons. The number of thiocarbonyl (C=S) groups is 1. The van der Waals surface area contributed by atoms with E-state index in [1.807, 2.05) is 42.5 Å². The predicted molar refractivity (Wildman–Crippen MR) is 106 cm³/mol. The van der Waals surface area contributed by atoms with Crippen LogP contribution in [0.4, 0.5) is 5.82 Å². The predicted octanol–water partition coefficient (Wildman–Crippen LogP) is 3.70. The number of amides is 1. The zero-order chi connectivity index (χ0) is 17.9. The van der Waals surface area contributed by atoms with Crippen LogP contribution in [0.25, 0.3) is 5.57 Å². The van der Waals surface area contributed by atoms with Gasteiger partial charge in [0.2, 0.25) is 0 Å². The van der Waals surface area contributed by atoms with E-state index in [1.165, 1.54) is 16.7 Å². The molecule has 5 nitrogen and oxygen atoms in total. The number of nitrogens with zero attached hydrogens (tertiary/aromatic N) is 4. The van der Waals surface area contributed by atoms with Crippen LogP contribution in [-0.2, 0) is 4.79 Å². The standard InChI is InChI=1S/C19H12N4OS2/c24-18-17(26-19(25)23(18)15-9-3-6-12-22-15)16(13-7-1-4-10-20-13)14-8-2-5-11-21-14/h1-12H. The average molecular weight is 376 g/mol. The van der Waals surface area contributed by atoms with Gasteiger partial charge < -0.3 is 0 Å². The van der Waals surface area contributed by atoms with Crippen LogP contribution in [-0.4, -0.2) is 25.2 Å². The van der Waals surface area contributed by atoms with E-state index < -0.39 is 0 Å². The lowest BCUT2D eigenvalue weighted by atomic mass is 10.1. The van der Waals surface area contributed by atoms with Gasteiger partial charge in [-0.2, -0.15) is 0 Å². The number of pyridine rings is 3. The molecule has 4 heterocycles. The fourth-order valence-corrected chi connectivity index (χ4v) is 3.95. The Hall–Kier alpha value is -2.90. The van der Waals surface area contributed by atoms with Crippen LogP contribution in [0, 0.1) is 0 Å². The van der Waals surface area contributed by atoms with Crippen LogP contribution in [0.3, 0.4) is 0 Å². The summed E-state index contributed by atoms with van der Waals surface area (Å²) in [6.45, 7) is 0. The van der Waals surface area contributed by atoms with Gasteiger partial charge in [0.15, 0.2) is 4.32 Å². The number of thioether (sulfide) groups is 1. The first-order valence-corrected chi connectivity index (χ1v) is 9.02. The van der Waals surface area contributed by atoms with Gasteiger partial charge in [-0.15, -0.1) is 0 Å². The molecule has 0 aliphatic carbocycles. The fraction of sp³-hybridized carbons (Fsp3) is 0. The maximum Gasteiger partial charge on any atom is 0.272 e. The molecule has 3 aromatic rings. The molecule has 0 saturated carbocycles. The van der Waals surface area contributed by atoms with Crippen LogP contribution >= 0.6 is 24.0 Å². The number of carbonyl (C=O) groups excluding carboxylic acids is 1. The summed E-state index contributed by atoms with van der Waals surface area (Å²) in [5, 5.41) is 0. The number of hydrogen-bond acceptors (Lipinski definition) is 6. The molecule has 3 aromatic heterocycles. The summed E-state index contributed by atoms with van der Waals surface area (Å²) in [7, 11) is 0. The number of rotatable bonds is 3. The fourth-order valence-electron chi connectivity index (χ4n) is 2.59. The molecule has 1 saturated heterocycles. The second-order valence-electron chi connectivity index (χ2n) is 5.33. The summed E-state index contributed by atoms with van der Waals surface area (Å²) in [4.78, 5) is 28.2. The van der Waals surface area contributed by atoms with Crippen LogP contribution in [0.5, 0.6) is 0 Å². The smallest absolute Gasteiger partial charge is 0.268 e. The third kappa shape index (κ3) is 3.02. The molecule has 1 aliphatic rings. The molecule has 0 bridgehead atoms. The Morgan fingerprint density at radius 3 is 1.92 bits per heavy atom. The molecule has 1 amide bonds. The van der Waals surface area contributed by atoms with E-state index in [0.717, 1.165) is 0 Å². The van der Waals surface area contributed by atoms with E-state index in [9.17, 15) is 4.79 Å². The van der Waals surface area contributed by atoms with Gasteiger partial charge >= 0.3 is 0 Å². The molecular weight excluding hydrogens is 364 g/mol. The minimum absolute atomic E-state index is 0.218. The second kappa shape index (κ2) is 7.15.